The molecule has 3 rings (SSSR count). The van der Waals surface area contributed by atoms with Crippen LogP contribution < -0.4 is 15.8 Å². The number of benzene rings is 1. The number of nitrogens with one attached hydrogen (secondary N) is 1. The maximum atomic E-state index is 12.4. The molecular weight excluding hydrogens is 292 g/mol. The maximum absolute atomic E-state index is 12.4. The van der Waals surface area contributed by atoms with Gasteiger partial charge in [0.25, 0.3) is 5.56 Å². The van der Waals surface area contributed by atoms with Crippen LogP contribution in [0.4, 0.5) is 11.4 Å². The van der Waals surface area contributed by atoms with Gasteiger partial charge >= 0.3 is 0 Å². The van der Waals surface area contributed by atoms with Gasteiger partial charge in [0.05, 0.1) is 17.8 Å². The predicted octanol–water partition coefficient (Wildman–Crippen LogP) is 1.64. The van der Waals surface area contributed by atoms with Crippen LogP contribution in [-0.4, -0.2) is 28.8 Å². The molecule has 0 unspecified atom stereocenters. The third-order valence-electron chi connectivity index (χ3n) is 4.15. The standard InChI is InChI=1S/C17H20N4O2/c1-20-16(22)10-15(11-18-20)21-9-5-6-13(12-21)17(23)19-14-7-3-2-4-8-14/h2-4,7-8,10-11,13H,5-6,9,12H2,1H3,(H,19,23)/t13-/m0/s1. The molecule has 23 heavy (non-hydrogen) atoms. The van der Waals surface area contributed by atoms with Crippen molar-refractivity contribution in [3.63, 3.8) is 0 Å². The van der Waals surface area contributed by atoms with Crippen LogP contribution in [0.3, 0.4) is 0 Å². The molecular formula is C17H20N4O2. The minimum Gasteiger partial charge on any atom is -0.369 e. The van der Waals surface area contributed by atoms with Gasteiger partial charge in [-0.05, 0) is 25.0 Å². The monoisotopic (exact) mass is 312 g/mol. The number of para-hydroxylation sites is 1. The van der Waals surface area contributed by atoms with Gasteiger partial charge in [0, 0.05) is 31.9 Å². The Balaban J connectivity index is 1.69. The number of hydrogen-bond acceptors (Lipinski definition) is 4. The van der Waals surface area contributed by atoms with Crippen LogP contribution >= 0.6 is 0 Å². The topological polar surface area (TPSA) is 67.2 Å². The lowest BCUT2D eigenvalue weighted by Crippen LogP contribution is -2.41. The number of rotatable bonds is 3. The highest BCUT2D eigenvalue weighted by molar-refractivity contribution is 5.93. The fourth-order valence-corrected chi connectivity index (χ4v) is 2.82. The van der Waals surface area contributed by atoms with Crippen molar-refractivity contribution in [2.75, 3.05) is 23.3 Å². The van der Waals surface area contributed by atoms with Crippen molar-refractivity contribution in [3.8, 4) is 0 Å². The normalized spacial score (nSPS) is 17.8. The van der Waals surface area contributed by atoms with Gasteiger partial charge in [0.15, 0.2) is 0 Å². The summed E-state index contributed by atoms with van der Waals surface area (Å²) in [6, 6.07) is 11.0. The van der Waals surface area contributed by atoms with Gasteiger partial charge < -0.3 is 10.2 Å². The van der Waals surface area contributed by atoms with Gasteiger partial charge in [-0.1, -0.05) is 18.2 Å². The average molecular weight is 312 g/mol. The van der Waals surface area contributed by atoms with E-state index in [-0.39, 0.29) is 17.4 Å². The second kappa shape index (κ2) is 6.64. The molecule has 1 atom stereocenters. The van der Waals surface area contributed by atoms with E-state index in [0.29, 0.717) is 6.54 Å². The van der Waals surface area contributed by atoms with Crippen LogP contribution in [-0.2, 0) is 11.8 Å². The molecule has 0 radical (unpaired) electrons. The smallest absolute Gasteiger partial charge is 0.268 e. The number of piperidine rings is 1. The molecule has 1 aromatic heterocycles. The Bertz CT molecular complexity index is 742. The summed E-state index contributed by atoms with van der Waals surface area (Å²) < 4.78 is 1.30. The summed E-state index contributed by atoms with van der Waals surface area (Å²) in [6.07, 6.45) is 3.45. The van der Waals surface area contributed by atoms with Gasteiger partial charge in [-0.15, -0.1) is 0 Å². The van der Waals surface area contributed by atoms with Crippen LogP contribution in [0.5, 0.6) is 0 Å². The van der Waals surface area contributed by atoms with E-state index in [1.165, 1.54) is 4.68 Å². The molecule has 0 spiro atoms. The molecule has 2 heterocycles. The predicted molar refractivity (Wildman–Crippen MR) is 89.5 cm³/mol. The zero-order chi connectivity index (χ0) is 16.2. The molecule has 6 nitrogen and oxygen atoms in total. The molecule has 0 bridgehead atoms. The van der Waals surface area contributed by atoms with Crippen LogP contribution in [0.25, 0.3) is 0 Å². The van der Waals surface area contributed by atoms with Gasteiger partial charge in [0.1, 0.15) is 0 Å². The molecule has 2 aromatic rings. The Hall–Kier alpha value is -2.63. The molecule has 1 N–H and O–H groups in total. The number of aromatic nitrogens is 2. The molecule has 1 fully saturated rings. The Morgan fingerprint density at radius 3 is 2.83 bits per heavy atom. The molecule has 1 saturated heterocycles. The summed E-state index contributed by atoms with van der Waals surface area (Å²) in [4.78, 5) is 26.2. The van der Waals surface area contributed by atoms with Crippen molar-refractivity contribution in [1.29, 1.82) is 0 Å². The number of amides is 1. The van der Waals surface area contributed by atoms with Crippen molar-refractivity contribution in [1.82, 2.24) is 9.78 Å². The number of carbonyl (C=O) groups excluding carboxylic acids is 1. The largest absolute Gasteiger partial charge is 0.369 e. The second-order valence-corrected chi connectivity index (χ2v) is 5.82. The van der Waals surface area contributed by atoms with E-state index in [9.17, 15) is 9.59 Å². The fraction of sp³-hybridized carbons (Fsp3) is 0.353. The van der Waals surface area contributed by atoms with E-state index in [0.717, 1.165) is 30.8 Å². The second-order valence-electron chi connectivity index (χ2n) is 5.82. The minimum absolute atomic E-state index is 0.0256. The SMILES string of the molecule is Cn1ncc(N2CCC[C@H](C(=O)Nc3ccccc3)C2)cc1=O. The van der Waals surface area contributed by atoms with Gasteiger partial charge in [0.2, 0.25) is 5.91 Å². The maximum Gasteiger partial charge on any atom is 0.268 e. The summed E-state index contributed by atoms with van der Waals surface area (Å²) in [6.45, 7) is 1.44. The van der Waals surface area contributed by atoms with Crippen LogP contribution in [0, 0.1) is 5.92 Å². The molecule has 1 aliphatic heterocycles. The van der Waals surface area contributed by atoms with E-state index >= 15 is 0 Å². The lowest BCUT2D eigenvalue weighted by molar-refractivity contribution is -0.120. The van der Waals surface area contributed by atoms with Crippen molar-refractivity contribution < 1.29 is 4.79 Å². The fourth-order valence-electron chi connectivity index (χ4n) is 2.82. The lowest BCUT2D eigenvalue weighted by atomic mass is 9.96. The van der Waals surface area contributed by atoms with Crippen molar-refractivity contribution in [3.05, 3.63) is 52.9 Å². The van der Waals surface area contributed by atoms with Crippen LogP contribution in [0.15, 0.2) is 47.4 Å². The first-order valence-electron chi connectivity index (χ1n) is 7.78. The van der Waals surface area contributed by atoms with E-state index in [2.05, 4.69) is 15.3 Å². The zero-order valence-corrected chi connectivity index (χ0v) is 13.1. The molecule has 6 heteroatoms. The first-order chi connectivity index (χ1) is 11.1. The Morgan fingerprint density at radius 1 is 1.30 bits per heavy atom. The van der Waals surface area contributed by atoms with E-state index in [1.54, 1.807) is 19.3 Å². The van der Waals surface area contributed by atoms with E-state index in [4.69, 9.17) is 0 Å². The highest BCUT2D eigenvalue weighted by Gasteiger charge is 2.26. The van der Waals surface area contributed by atoms with Gasteiger partial charge in [-0.25, -0.2) is 4.68 Å². The number of anilines is 2. The van der Waals surface area contributed by atoms with Crippen molar-refractivity contribution in [2.24, 2.45) is 13.0 Å². The number of hydrogen-bond donors (Lipinski definition) is 1. The third kappa shape index (κ3) is 3.59. The van der Waals surface area contributed by atoms with E-state index < -0.39 is 0 Å². The average Bonchev–Trinajstić information content (AvgIpc) is 2.58. The summed E-state index contributed by atoms with van der Waals surface area (Å²) >= 11 is 0. The van der Waals surface area contributed by atoms with E-state index in [1.807, 2.05) is 30.3 Å². The Kier molecular flexibility index (Phi) is 4.41. The molecule has 1 aromatic carbocycles. The molecule has 0 aliphatic carbocycles. The molecule has 0 saturated carbocycles. The number of carbonyl (C=O) groups is 1. The van der Waals surface area contributed by atoms with Crippen molar-refractivity contribution >= 4 is 17.3 Å². The highest BCUT2D eigenvalue weighted by Crippen LogP contribution is 2.22. The summed E-state index contributed by atoms with van der Waals surface area (Å²) in [5.41, 5.74) is 1.45. The van der Waals surface area contributed by atoms with Gasteiger partial charge in [-0.3, -0.25) is 9.59 Å². The summed E-state index contributed by atoms with van der Waals surface area (Å²) in [5, 5.41) is 7.01. The first kappa shape index (κ1) is 15.3. The quantitative estimate of drug-likeness (QED) is 0.935. The molecule has 120 valence electrons. The van der Waals surface area contributed by atoms with Crippen LogP contribution in [0.2, 0.25) is 0 Å². The third-order valence-corrected chi connectivity index (χ3v) is 4.15. The first-order valence-corrected chi connectivity index (χ1v) is 7.78. The Morgan fingerprint density at radius 2 is 2.09 bits per heavy atom. The number of nitrogens with zero attached hydrogens (tertiary/aromatic N) is 3. The van der Waals surface area contributed by atoms with Gasteiger partial charge in [-0.2, -0.15) is 5.10 Å². The summed E-state index contributed by atoms with van der Waals surface area (Å²) in [5.74, 6) is -0.0642. The zero-order valence-electron chi connectivity index (χ0n) is 13.1. The summed E-state index contributed by atoms with van der Waals surface area (Å²) in [7, 11) is 1.62. The highest BCUT2D eigenvalue weighted by atomic mass is 16.2. The molecule has 1 amide bonds. The molecule has 1 aliphatic rings. The minimum atomic E-state index is -0.140. The number of aryl methyl sites for hydroxylation is 1. The lowest BCUT2D eigenvalue weighted by Gasteiger charge is -2.33. The Labute approximate surface area is 134 Å². The van der Waals surface area contributed by atoms with Crippen molar-refractivity contribution in [2.45, 2.75) is 12.8 Å². The van der Waals surface area contributed by atoms with Crippen LogP contribution in [0.1, 0.15) is 12.8 Å².